The first-order valence-electron chi connectivity index (χ1n) is 11.0. The van der Waals surface area contributed by atoms with E-state index in [9.17, 15) is 19.8 Å². The Kier molecular flexibility index (Phi) is 9.61. The number of cyclic esters (lactones) is 1. The third-order valence-corrected chi connectivity index (χ3v) is 7.29. The largest absolute Gasteiger partial charge is 0.462 e. The molecule has 1 saturated heterocycles. The van der Waals surface area contributed by atoms with Crippen molar-refractivity contribution in [3.8, 4) is 0 Å². The van der Waals surface area contributed by atoms with Crippen LogP contribution in [0.1, 0.15) is 74.7 Å². The highest BCUT2D eigenvalue weighted by molar-refractivity contribution is 5.83. The second-order valence-corrected chi connectivity index (χ2v) is 9.42. The lowest BCUT2D eigenvalue weighted by Crippen LogP contribution is -2.44. The zero-order chi connectivity index (χ0) is 21.8. The molecule has 0 bridgehead atoms. The summed E-state index contributed by atoms with van der Waals surface area (Å²) in [5.41, 5.74) is 0. The van der Waals surface area contributed by atoms with Crippen LogP contribution in [0, 0.1) is 41.4 Å². The fourth-order valence-electron chi connectivity index (χ4n) is 4.58. The van der Waals surface area contributed by atoms with E-state index in [4.69, 9.17) is 4.74 Å². The Morgan fingerprint density at radius 2 is 1.39 bits per heavy atom. The zero-order valence-electron chi connectivity index (χ0n) is 19.0. The van der Waals surface area contributed by atoms with E-state index in [1.807, 2.05) is 27.7 Å². The molecule has 0 aromatic heterocycles. The van der Waals surface area contributed by atoms with Crippen LogP contribution in [0.2, 0.25) is 0 Å². The van der Waals surface area contributed by atoms with Crippen molar-refractivity contribution >= 4 is 11.8 Å². The van der Waals surface area contributed by atoms with Gasteiger partial charge >= 0.3 is 5.97 Å². The van der Waals surface area contributed by atoms with Gasteiger partial charge in [-0.15, -0.1) is 0 Å². The van der Waals surface area contributed by atoms with Crippen molar-refractivity contribution in [3.05, 3.63) is 0 Å². The summed E-state index contributed by atoms with van der Waals surface area (Å²) in [6, 6.07) is 0. The Bertz CT molecular complexity index is 519. The van der Waals surface area contributed by atoms with Gasteiger partial charge in [-0.2, -0.15) is 0 Å². The molecule has 1 fully saturated rings. The number of carbonyl (C=O) groups excluding carboxylic acids is 2. The number of carbonyl (C=O) groups is 2. The molecule has 0 spiro atoms. The summed E-state index contributed by atoms with van der Waals surface area (Å²) in [6.07, 6.45) is -0.0153. The molecule has 5 heteroatoms. The second-order valence-electron chi connectivity index (χ2n) is 9.42. The second kappa shape index (κ2) is 10.7. The van der Waals surface area contributed by atoms with Crippen molar-refractivity contribution in [2.45, 2.75) is 93.0 Å². The summed E-state index contributed by atoms with van der Waals surface area (Å²) >= 11 is 0. The first kappa shape index (κ1) is 25.1. The van der Waals surface area contributed by atoms with Crippen molar-refractivity contribution in [1.29, 1.82) is 0 Å². The van der Waals surface area contributed by atoms with Gasteiger partial charge in [0.15, 0.2) is 0 Å². The third kappa shape index (κ3) is 5.79. The number of hydrogen-bond acceptors (Lipinski definition) is 5. The van der Waals surface area contributed by atoms with Gasteiger partial charge in [0.2, 0.25) is 0 Å². The molecule has 0 amide bonds. The minimum atomic E-state index is -0.867. The van der Waals surface area contributed by atoms with Crippen molar-refractivity contribution in [2.24, 2.45) is 41.4 Å². The molecule has 164 valence electrons. The quantitative estimate of drug-likeness (QED) is 0.690. The van der Waals surface area contributed by atoms with E-state index in [2.05, 4.69) is 13.8 Å². The minimum absolute atomic E-state index is 0.0543. The lowest BCUT2D eigenvalue weighted by Gasteiger charge is -2.36. The number of aliphatic hydroxyl groups is 2. The van der Waals surface area contributed by atoms with Crippen LogP contribution in [0.15, 0.2) is 0 Å². The van der Waals surface area contributed by atoms with Crippen molar-refractivity contribution in [3.63, 3.8) is 0 Å². The molecule has 1 heterocycles. The van der Waals surface area contributed by atoms with Crippen molar-refractivity contribution in [1.82, 2.24) is 0 Å². The number of esters is 1. The fourth-order valence-corrected chi connectivity index (χ4v) is 4.58. The van der Waals surface area contributed by atoms with Crippen LogP contribution >= 0.6 is 0 Å². The molecule has 0 saturated carbocycles. The van der Waals surface area contributed by atoms with Crippen LogP contribution in [-0.4, -0.2) is 40.3 Å². The van der Waals surface area contributed by atoms with Gasteiger partial charge in [0.25, 0.3) is 0 Å². The maximum Gasteiger partial charge on any atom is 0.311 e. The SMILES string of the molecule is CCCC1OC(=O)C(C)C(O)C(C)C(C)C(C)CC(C)C(=O)C(C)C(O)C1C. The van der Waals surface area contributed by atoms with Crippen LogP contribution in [0.5, 0.6) is 0 Å². The van der Waals surface area contributed by atoms with Gasteiger partial charge in [-0.05, 0) is 37.5 Å². The fraction of sp³-hybridized carbons (Fsp3) is 0.913. The van der Waals surface area contributed by atoms with Gasteiger partial charge in [-0.25, -0.2) is 0 Å². The van der Waals surface area contributed by atoms with Gasteiger partial charge in [0, 0.05) is 17.8 Å². The standard InChI is InChI=1S/C23H42O5/c1-9-10-19-16(6)22(26)17(7)20(24)13(3)11-12(2)14(4)15(5)21(25)18(8)23(27)28-19/h12-19,21-22,25-26H,9-11H2,1-8H3. The summed E-state index contributed by atoms with van der Waals surface area (Å²) in [4.78, 5) is 25.7. The number of rotatable bonds is 2. The Morgan fingerprint density at radius 3 is 1.93 bits per heavy atom. The molecular formula is C23H42O5. The Hall–Kier alpha value is -0.940. The number of aliphatic hydroxyl groups excluding tert-OH is 2. The lowest BCUT2D eigenvalue weighted by molar-refractivity contribution is -0.165. The average molecular weight is 399 g/mol. The molecule has 1 aliphatic heterocycles. The van der Waals surface area contributed by atoms with Gasteiger partial charge in [0.05, 0.1) is 18.1 Å². The van der Waals surface area contributed by atoms with E-state index < -0.39 is 36.1 Å². The molecule has 5 nitrogen and oxygen atoms in total. The molecule has 0 aliphatic carbocycles. The van der Waals surface area contributed by atoms with Gasteiger partial charge in [-0.1, -0.05) is 54.9 Å². The van der Waals surface area contributed by atoms with Crippen LogP contribution < -0.4 is 0 Å². The Morgan fingerprint density at radius 1 is 0.857 bits per heavy atom. The van der Waals surface area contributed by atoms with Gasteiger partial charge < -0.3 is 14.9 Å². The summed E-state index contributed by atoms with van der Waals surface area (Å²) in [5.74, 6) is -1.75. The van der Waals surface area contributed by atoms with E-state index in [0.717, 1.165) is 6.42 Å². The summed E-state index contributed by atoms with van der Waals surface area (Å²) in [7, 11) is 0. The molecule has 2 N–H and O–H groups in total. The Balaban J connectivity index is 3.25. The molecule has 28 heavy (non-hydrogen) atoms. The molecule has 0 aromatic rings. The molecule has 1 aliphatic rings. The summed E-state index contributed by atoms with van der Waals surface area (Å²) in [5, 5.41) is 21.6. The lowest BCUT2D eigenvalue weighted by atomic mass is 9.73. The molecule has 10 atom stereocenters. The zero-order valence-corrected chi connectivity index (χ0v) is 19.0. The predicted octanol–water partition coefficient (Wildman–Crippen LogP) is 3.85. The number of ketones is 1. The molecule has 0 aromatic carbocycles. The predicted molar refractivity (Wildman–Crippen MR) is 111 cm³/mol. The third-order valence-electron chi connectivity index (χ3n) is 7.29. The molecule has 0 radical (unpaired) electrons. The minimum Gasteiger partial charge on any atom is -0.462 e. The number of Topliss-reactive ketones (excluding diaryl/α,β-unsaturated/α-hetero) is 1. The monoisotopic (exact) mass is 398 g/mol. The highest BCUT2D eigenvalue weighted by Crippen LogP contribution is 2.34. The van der Waals surface area contributed by atoms with E-state index in [-0.39, 0.29) is 35.4 Å². The van der Waals surface area contributed by atoms with Gasteiger partial charge in [0.1, 0.15) is 11.9 Å². The van der Waals surface area contributed by atoms with E-state index in [1.165, 1.54) is 0 Å². The van der Waals surface area contributed by atoms with Crippen LogP contribution in [0.25, 0.3) is 0 Å². The van der Waals surface area contributed by atoms with E-state index >= 15 is 0 Å². The van der Waals surface area contributed by atoms with E-state index in [0.29, 0.717) is 12.8 Å². The maximum atomic E-state index is 12.9. The molecule has 1 rings (SSSR count). The van der Waals surface area contributed by atoms with Crippen LogP contribution in [0.4, 0.5) is 0 Å². The first-order chi connectivity index (χ1) is 12.9. The van der Waals surface area contributed by atoms with Crippen molar-refractivity contribution in [2.75, 3.05) is 0 Å². The topological polar surface area (TPSA) is 83.8 Å². The average Bonchev–Trinajstić information content (AvgIpc) is 2.67. The highest BCUT2D eigenvalue weighted by Gasteiger charge is 2.39. The Labute approximate surface area is 171 Å². The van der Waals surface area contributed by atoms with Gasteiger partial charge in [-0.3, -0.25) is 9.59 Å². The highest BCUT2D eigenvalue weighted by atomic mass is 16.5. The normalized spacial score (nSPS) is 44.6. The maximum absolute atomic E-state index is 12.9. The summed E-state index contributed by atoms with van der Waals surface area (Å²) < 4.78 is 5.75. The number of hydrogen-bond donors (Lipinski definition) is 2. The summed E-state index contributed by atoms with van der Waals surface area (Å²) in [6.45, 7) is 15.4. The molecular weight excluding hydrogens is 356 g/mol. The first-order valence-corrected chi connectivity index (χ1v) is 11.0. The molecule has 10 unspecified atom stereocenters. The van der Waals surface area contributed by atoms with Crippen LogP contribution in [-0.2, 0) is 14.3 Å². The van der Waals surface area contributed by atoms with Crippen LogP contribution in [0.3, 0.4) is 0 Å². The van der Waals surface area contributed by atoms with Crippen molar-refractivity contribution < 1.29 is 24.5 Å². The smallest absolute Gasteiger partial charge is 0.311 e. The van der Waals surface area contributed by atoms with E-state index in [1.54, 1.807) is 13.8 Å². The number of ether oxygens (including phenoxy) is 1.